The van der Waals surface area contributed by atoms with Crippen molar-refractivity contribution >= 4 is 23.3 Å². The summed E-state index contributed by atoms with van der Waals surface area (Å²) in [5.41, 5.74) is 3.73. The van der Waals surface area contributed by atoms with Gasteiger partial charge < -0.3 is 9.55 Å². The van der Waals surface area contributed by atoms with Crippen LogP contribution in [0, 0.1) is 23.5 Å². The van der Waals surface area contributed by atoms with E-state index < -0.39 is 0 Å². The van der Waals surface area contributed by atoms with Gasteiger partial charge in [0.1, 0.15) is 0 Å². The minimum absolute atomic E-state index is 0.564. The summed E-state index contributed by atoms with van der Waals surface area (Å²) in [6.07, 6.45) is 3.88. The first-order chi connectivity index (χ1) is 9.11. The zero-order valence-corrected chi connectivity index (χ0v) is 12.8. The summed E-state index contributed by atoms with van der Waals surface area (Å²) in [5, 5.41) is 0. The molecule has 1 heterocycles. The van der Waals surface area contributed by atoms with Crippen molar-refractivity contribution in [3.63, 3.8) is 0 Å². The van der Waals surface area contributed by atoms with E-state index in [9.17, 15) is 0 Å². The second-order valence-electron chi connectivity index (χ2n) is 5.99. The van der Waals surface area contributed by atoms with Crippen LogP contribution < -0.4 is 0 Å². The predicted octanol–water partition coefficient (Wildman–Crippen LogP) is 5.00. The Balaban J connectivity index is 2.11. The van der Waals surface area contributed by atoms with Crippen LogP contribution in [0.15, 0.2) is 18.2 Å². The van der Waals surface area contributed by atoms with Gasteiger partial charge in [0.2, 0.25) is 0 Å². The second kappa shape index (κ2) is 4.78. The molecule has 1 saturated carbocycles. The Kier molecular flexibility index (Phi) is 3.25. The maximum absolute atomic E-state index is 5.57. The molecule has 19 heavy (non-hydrogen) atoms. The van der Waals surface area contributed by atoms with Crippen LogP contribution in [0.5, 0.6) is 0 Å². The molecule has 1 aliphatic rings. The van der Waals surface area contributed by atoms with Crippen molar-refractivity contribution in [3.05, 3.63) is 28.5 Å². The van der Waals surface area contributed by atoms with E-state index in [2.05, 4.69) is 48.5 Å². The number of hydrogen-bond acceptors (Lipinski definition) is 1. The van der Waals surface area contributed by atoms with Gasteiger partial charge in [-0.15, -0.1) is 0 Å². The molecule has 0 aliphatic heterocycles. The van der Waals surface area contributed by atoms with E-state index in [0.717, 1.165) is 16.6 Å². The first-order valence-electron chi connectivity index (χ1n) is 7.32. The van der Waals surface area contributed by atoms with Crippen LogP contribution >= 0.6 is 12.2 Å². The lowest BCUT2D eigenvalue weighted by atomic mass is 9.93. The first kappa shape index (κ1) is 12.9. The average Bonchev–Trinajstić information content (AvgIpc) is 2.88. The molecule has 1 fully saturated rings. The lowest BCUT2D eigenvalue weighted by molar-refractivity contribution is 0.332. The number of hydrogen-bond donors (Lipinski definition) is 1. The minimum atomic E-state index is 0.564. The Hall–Kier alpha value is -1.09. The van der Waals surface area contributed by atoms with E-state index in [1.54, 1.807) is 0 Å². The van der Waals surface area contributed by atoms with Crippen molar-refractivity contribution in [2.24, 2.45) is 11.8 Å². The fraction of sp³-hybridized carbons (Fsp3) is 0.562. The number of fused-ring (bicyclic) bond motifs is 1. The van der Waals surface area contributed by atoms with Crippen molar-refractivity contribution in [1.29, 1.82) is 0 Å². The summed E-state index contributed by atoms with van der Waals surface area (Å²) in [4.78, 5) is 3.38. The van der Waals surface area contributed by atoms with Gasteiger partial charge in [-0.2, -0.15) is 0 Å². The molecule has 1 aromatic heterocycles. The molecule has 1 aromatic carbocycles. The van der Waals surface area contributed by atoms with Crippen LogP contribution in [0.2, 0.25) is 0 Å². The third-order valence-corrected chi connectivity index (χ3v) is 5.21. The van der Waals surface area contributed by atoms with Crippen LogP contribution in [0.1, 0.15) is 44.7 Å². The van der Waals surface area contributed by atoms with Gasteiger partial charge >= 0.3 is 0 Å². The Labute approximate surface area is 119 Å². The quantitative estimate of drug-likeness (QED) is 0.764. The number of rotatable bonds is 2. The maximum atomic E-state index is 5.57. The van der Waals surface area contributed by atoms with E-state index in [0.29, 0.717) is 6.04 Å². The summed E-state index contributed by atoms with van der Waals surface area (Å²) in [6.45, 7) is 6.82. The highest BCUT2D eigenvalue weighted by Crippen LogP contribution is 2.43. The van der Waals surface area contributed by atoms with Gasteiger partial charge in [0, 0.05) is 6.04 Å². The van der Waals surface area contributed by atoms with Gasteiger partial charge in [-0.25, -0.2) is 0 Å². The van der Waals surface area contributed by atoms with Crippen LogP contribution in [-0.4, -0.2) is 9.55 Å². The van der Waals surface area contributed by atoms with Crippen molar-refractivity contribution < 1.29 is 0 Å². The molecular weight excluding hydrogens is 252 g/mol. The fourth-order valence-electron chi connectivity index (χ4n) is 3.74. The number of nitrogens with zero attached hydrogens (tertiary/aromatic N) is 1. The van der Waals surface area contributed by atoms with Crippen molar-refractivity contribution in [1.82, 2.24) is 9.55 Å². The zero-order chi connectivity index (χ0) is 13.6. The maximum Gasteiger partial charge on any atom is 0.178 e. The number of aryl methyl sites for hydroxylation is 1. The van der Waals surface area contributed by atoms with Gasteiger partial charge in [-0.05, 0) is 61.5 Å². The fourth-order valence-corrected chi connectivity index (χ4v) is 4.08. The topological polar surface area (TPSA) is 20.7 Å². The number of benzene rings is 1. The first-order valence-corrected chi connectivity index (χ1v) is 7.73. The molecule has 0 saturated heterocycles. The molecule has 0 radical (unpaired) electrons. The molecule has 3 heteroatoms. The Morgan fingerprint density at radius 3 is 2.84 bits per heavy atom. The molecule has 102 valence electrons. The van der Waals surface area contributed by atoms with Gasteiger partial charge in [0.05, 0.1) is 11.0 Å². The molecule has 2 nitrogen and oxygen atoms in total. The molecule has 0 bridgehead atoms. The van der Waals surface area contributed by atoms with E-state index in [4.69, 9.17) is 12.2 Å². The van der Waals surface area contributed by atoms with Crippen molar-refractivity contribution in [3.8, 4) is 0 Å². The Bertz CT molecular complexity index is 652. The van der Waals surface area contributed by atoms with Crippen LogP contribution in [0.25, 0.3) is 11.0 Å². The highest BCUT2D eigenvalue weighted by Gasteiger charge is 2.33. The molecule has 3 atom stereocenters. The molecule has 3 unspecified atom stereocenters. The molecule has 3 rings (SSSR count). The van der Waals surface area contributed by atoms with Gasteiger partial charge in [-0.3, -0.25) is 0 Å². The summed E-state index contributed by atoms with van der Waals surface area (Å²) >= 11 is 5.57. The lowest BCUT2D eigenvalue weighted by Gasteiger charge is -2.21. The summed E-state index contributed by atoms with van der Waals surface area (Å²) in [5.74, 6) is 1.57. The number of aromatic nitrogens is 2. The highest BCUT2D eigenvalue weighted by atomic mass is 32.1. The number of H-pyrrole nitrogens is 1. The van der Waals surface area contributed by atoms with Gasteiger partial charge in [0.15, 0.2) is 4.77 Å². The van der Waals surface area contributed by atoms with Gasteiger partial charge in [-0.1, -0.05) is 26.3 Å². The van der Waals surface area contributed by atoms with Crippen LogP contribution in [-0.2, 0) is 0 Å². The monoisotopic (exact) mass is 274 g/mol. The summed E-state index contributed by atoms with van der Waals surface area (Å²) in [7, 11) is 0. The molecular formula is C16H22N2S. The third-order valence-electron chi connectivity index (χ3n) is 4.91. The SMILES string of the molecule is CCC1CCC(n2c(=S)[nH]c3cc(C)ccc32)C1C. The van der Waals surface area contributed by atoms with E-state index in [1.165, 1.54) is 35.9 Å². The average molecular weight is 274 g/mol. The minimum Gasteiger partial charge on any atom is -0.331 e. The van der Waals surface area contributed by atoms with Crippen LogP contribution in [0.4, 0.5) is 0 Å². The molecule has 0 spiro atoms. The highest BCUT2D eigenvalue weighted by molar-refractivity contribution is 7.71. The summed E-state index contributed by atoms with van der Waals surface area (Å²) in [6, 6.07) is 7.15. The Morgan fingerprint density at radius 1 is 1.37 bits per heavy atom. The van der Waals surface area contributed by atoms with E-state index in [-0.39, 0.29) is 0 Å². The Morgan fingerprint density at radius 2 is 2.16 bits per heavy atom. The normalized spacial score (nSPS) is 27.2. The third kappa shape index (κ3) is 2.04. The number of imidazole rings is 1. The zero-order valence-electron chi connectivity index (χ0n) is 11.9. The summed E-state index contributed by atoms with van der Waals surface area (Å²) < 4.78 is 3.25. The van der Waals surface area contributed by atoms with E-state index >= 15 is 0 Å². The number of nitrogens with one attached hydrogen (secondary N) is 1. The molecule has 1 N–H and O–H groups in total. The van der Waals surface area contributed by atoms with Crippen molar-refractivity contribution in [2.45, 2.75) is 46.1 Å². The lowest BCUT2D eigenvalue weighted by Crippen LogP contribution is -2.15. The smallest absolute Gasteiger partial charge is 0.178 e. The molecule has 0 amide bonds. The van der Waals surface area contributed by atoms with Crippen molar-refractivity contribution in [2.75, 3.05) is 0 Å². The largest absolute Gasteiger partial charge is 0.331 e. The van der Waals surface area contributed by atoms with Crippen LogP contribution in [0.3, 0.4) is 0 Å². The molecule has 1 aliphatic carbocycles. The number of aromatic amines is 1. The van der Waals surface area contributed by atoms with Gasteiger partial charge in [0.25, 0.3) is 0 Å². The second-order valence-corrected chi connectivity index (χ2v) is 6.38. The molecule has 2 aromatic rings. The van der Waals surface area contributed by atoms with E-state index in [1.807, 2.05) is 0 Å². The standard InChI is InChI=1S/C16H22N2S/c1-4-12-6-8-14(11(12)3)18-15-7-5-10(2)9-13(15)17-16(18)19/h5,7,9,11-12,14H,4,6,8H2,1-3H3,(H,17,19). The predicted molar refractivity (Wildman–Crippen MR) is 83.1 cm³/mol.